The molecule has 1 nitrogen and oxygen atoms in total. The molecule has 0 heterocycles. The molecule has 1 rings (SSSR count). The van der Waals surface area contributed by atoms with Crippen molar-refractivity contribution in [3.63, 3.8) is 0 Å². The van der Waals surface area contributed by atoms with Gasteiger partial charge in [-0.25, -0.2) is 0 Å². The molecule has 0 saturated carbocycles. The van der Waals surface area contributed by atoms with E-state index in [1.807, 2.05) is 13.8 Å². The summed E-state index contributed by atoms with van der Waals surface area (Å²) in [4.78, 5) is 12.0. The zero-order valence-corrected chi connectivity index (χ0v) is 11.4. The molecular formula is C13H17BrO. The van der Waals surface area contributed by atoms with Crippen LogP contribution in [-0.2, 0) is 0 Å². The van der Waals surface area contributed by atoms with Crippen LogP contribution < -0.4 is 0 Å². The van der Waals surface area contributed by atoms with Crippen LogP contribution in [-0.4, -0.2) is 11.1 Å². The lowest BCUT2D eigenvalue weighted by Gasteiger charge is -2.13. The molecule has 0 atom stereocenters. The summed E-state index contributed by atoms with van der Waals surface area (Å²) in [7, 11) is 0. The highest BCUT2D eigenvalue weighted by Crippen LogP contribution is 2.23. The number of ketones is 1. The minimum atomic E-state index is 0.244. The number of carbonyl (C=O) groups is 1. The number of halogens is 1. The lowest BCUT2D eigenvalue weighted by Crippen LogP contribution is -2.07. The van der Waals surface area contributed by atoms with Gasteiger partial charge in [0.2, 0.25) is 0 Å². The molecular weight excluding hydrogens is 252 g/mol. The van der Waals surface area contributed by atoms with E-state index in [2.05, 4.69) is 35.8 Å². The van der Waals surface area contributed by atoms with Gasteiger partial charge in [-0.2, -0.15) is 0 Å². The number of carbonyl (C=O) groups excluding carboxylic acids is 1. The second kappa shape index (κ2) is 4.93. The van der Waals surface area contributed by atoms with Crippen LogP contribution in [0.5, 0.6) is 0 Å². The molecule has 0 aliphatic rings. The molecule has 0 aromatic heterocycles. The Hall–Kier alpha value is -0.630. The summed E-state index contributed by atoms with van der Waals surface area (Å²) in [6.45, 7) is 8.19. The summed E-state index contributed by atoms with van der Waals surface area (Å²) in [6.07, 6.45) is 0.574. The van der Waals surface area contributed by atoms with E-state index < -0.39 is 0 Å². The zero-order valence-electron chi connectivity index (χ0n) is 9.78. The van der Waals surface area contributed by atoms with Gasteiger partial charge in [0.25, 0.3) is 0 Å². The largest absolute Gasteiger partial charge is 0.294 e. The molecule has 15 heavy (non-hydrogen) atoms. The fourth-order valence-corrected chi connectivity index (χ4v) is 2.21. The van der Waals surface area contributed by atoms with Gasteiger partial charge in [-0.1, -0.05) is 22.0 Å². The predicted molar refractivity (Wildman–Crippen MR) is 68.1 cm³/mol. The quantitative estimate of drug-likeness (QED) is 0.601. The van der Waals surface area contributed by atoms with Crippen LogP contribution >= 0.6 is 15.9 Å². The Balaban J connectivity index is 3.32. The summed E-state index contributed by atoms with van der Waals surface area (Å²) in [6, 6.07) is 2.15. The smallest absolute Gasteiger partial charge is 0.164 e. The van der Waals surface area contributed by atoms with Crippen molar-refractivity contribution in [1.82, 2.24) is 0 Å². The minimum absolute atomic E-state index is 0.244. The van der Waals surface area contributed by atoms with Gasteiger partial charge in [0.15, 0.2) is 5.78 Å². The summed E-state index contributed by atoms with van der Waals surface area (Å²) in [5.41, 5.74) is 5.59. The van der Waals surface area contributed by atoms with Crippen LogP contribution in [0, 0.1) is 27.7 Å². The van der Waals surface area contributed by atoms with Crippen LogP contribution in [0.3, 0.4) is 0 Å². The monoisotopic (exact) mass is 268 g/mol. The first-order valence-corrected chi connectivity index (χ1v) is 6.27. The van der Waals surface area contributed by atoms with Crippen molar-refractivity contribution < 1.29 is 4.79 Å². The van der Waals surface area contributed by atoms with Crippen molar-refractivity contribution in [1.29, 1.82) is 0 Å². The number of rotatable bonds is 3. The van der Waals surface area contributed by atoms with Crippen LogP contribution in [0.15, 0.2) is 6.07 Å². The lowest BCUT2D eigenvalue weighted by atomic mass is 9.91. The predicted octanol–water partition coefficient (Wildman–Crippen LogP) is 3.89. The fraction of sp³-hybridized carbons (Fsp3) is 0.462. The number of hydrogen-bond acceptors (Lipinski definition) is 1. The average Bonchev–Trinajstić information content (AvgIpc) is 2.16. The third-order valence-electron chi connectivity index (χ3n) is 2.97. The number of Topliss-reactive ketones (excluding diaryl/α,β-unsaturated/α-hetero) is 1. The highest BCUT2D eigenvalue weighted by molar-refractivity contribution is 9.09. The molecule has 0 aliphatic carbocycles. The minimum Gasteiger partial charge on any atom is -0.294 e. The van der Waals surface area contributed by atoms with Gasteiger partial charge in [-0.15, -0.1) is 0 Å². The summed E-state index contributed by atoms with van der Waals surface area (Å²) in [5, 5.41) is 0.734. The van der Waals surface area contributed by atoms with Gasteiger partial charge in [0.1, 0.15) is 0 Å². The molecule has 0 saturated heterocycles. The first-order valence-electron chi connectivity index (χ1n) is 5.15. The Labute approximate surface area is 100 Å². The molecule has 0 N–H and O–H groups in total. The topological polar surface area (TPSA) is 17.1 Å². The molecule has 0 radical (unpaired) electrons. The standard InChI is InChI=1S/C13H17BrO/c1-8-7-9(2)11(4)13(10(8)3)12(15)5-6-14/h7H,5-6H2,1-4H3. The van der Waals surface area contributed by atoms with Crippen LogP contribution in [0.2, 0.25) is 0 Å². The van der Waals surface area contributed by atoms with E-state index in [0.29, 0.717) is 6.42 Å². The Morgan fingerprint density at radius 2 is 1.60 bits per heavy atom. The van der Waals surface area contributed by atoms with Gasteiger partial charge < -0.3 is 0 Å². The third-order valence-corrected chi connectivity index (χ3v) is 3.36. The van der Waals surface area contributed by atoms with Crippen molar-refractivity contribution >= 4 is 21.7 Å². The number of benzene rings is 1. The van der Waals surface area contributed by atoms with Gasteiger partial charge in [0.05, 0.1) is 0 Å². The third kappa shape index (κ3) is 2.49. The normalized spacial score (nSPS) is 10.5. The van der Waals surface area contributed by atoms with Gasteiger partial charge >= 0.3 is 0 Å². The van der Waals surface area contributed by atoms with Crippen LogP contribution in [0.25, 0.3) is 0 Å². The van der Waals surface area contributed by atoms with Gasteiger partial charge in [-0.3, -0.25) is 4.79 Å². The molecule has 0 bridgehead atoms. The number of alkyl halides is 1. The van der Waals surface area contributed by atoms with E-state index in [1.165, 1.54) is 11.1 Å². The van der Waals surface area contributed by atoms with E-state index >= 15 is 0 Å². The lowest BCUT2D eigenvalue weighted by molar-refractivity contribution is 0.0988. The van der Waals surface area contributed by atoms with Crippen LogP contribution in [0.4, 0.5) is 0 Å². The first kappa shape index (κ1) is 12.4. The molecule has 0 amide bonds. The highest BCUT2D eigenvalue weighted by Gasteiger charge is 2.14. The number of hydrogen-bond donors (Lipinski definition) is 0. The summed E-state index contributed by atoms with van der Waals surface area (Å²) in [5.74, 6) is 0.244. The summed E-state index contributed by atoms with van der Waals surface area (Å²) >= 11 is 3.31. The van der Waals surface area contributed by atoms with Gasteiger partial charge in [-0.05, 0) is 49.9 Å². The maximum absolute atomic E-state index is 12.0. The van der Waals surface area contributed by atoms with E-state index in [-0.39, 0.29) is 5.78 Å². The molecule has 1 aromatic carbocycles. The van der Waals surface area contributed by atoms with Crippen molar-refractivity contribution in [3.05, 3.63) is 33.9 Å². The van der Waals surface area contributed by atoms with E-state index in [1.54, 1.807) is 0 Å². The molecule has 1 aromatic rings. The fourth-order valence-electron chi connectivity index (χ4n) is 1.85. The molecule has 0 unspecified atom stereocenters. The maximum Gasteiger partial charge on any atom is 0.164 e. The SMILES string of the molecule is Cc1cc(C)c(C)c(C(=O)CCBr)c1C. The van der Waals surface area contributed by atoms with E-state index in [4.69, 9.17) is 0 Å². The average molecular weight is 269 g/mol. The first-order chi connectivity index (χ1) is 6.99. The van der Waals surface area contributed by atoms with Crippen molar-refractivity contribution in [2.24, 2.45) is 0 Å². The highest BCUT2D eigenvalue weighted by atomic mass is 79.9. The Kier molecular flexibility index (Phi) is 4.09. The van der Waals surface area contributed by atoms with Crippen molar-refractivity contribution in [2.45, 2.75) is 34.1 Å². The molecule has 2 heteroatoms. The molecule has 0 spiro atoms. The van der Waals surface area contributed by atoms with E-state index in [0.717, 1.165) is 22.0 Å². The molecule has 0 fully saturated rings. The summed E-state index contributed by atoms with van der Waals surface area (Å²) < 4.78 is 0. The van der Waals surface area contributed by atoms with E-state index in [9.17, 15) is 4.79 Å². The molecule has 82 valence electrons. The van der Waals surface area contributed by atoms with Crippen molar-refractivity contribution in [2.75, 3.05) is 5.33 Å². The van der Waals surface area contributed by atoms with Crippen molar-refractivity contribution in [3.8, 4) is 0 Å². The van der Waals surface area contributed by atoms with Crippen LogP contribution in [0.1, 0.15) is 39.0 Å². The maximum atomic E-state index is 12.0. The second-order valence-corrected chi connectivity index (χ2v) is 4.79. The Morgan fingerprint density at radius 3 is 2.00 bits per heavy atom. The zero-order chi connectivity index (χ0) is 11.6. The van der Waals surface area contributed by atoms with Gasteiger partial charge in [0, 0.05) is 17.3 Å². The Morgan fingerprint density at radius 1 is 1.13 bits per heavy atom. The second-order valence-electron chi connectivity index (χ2n) is 4.00. The number of aryl methyl sites for hydroxylation is 2. The Bertz CT molecular complexity index is 368. The molecule has 0 aliphatic heterocycles.